The minimum Gasteiger partial charge on any atom is -0.391 e. The van der Waals surface area contributed by atoms with Crippen LogP contribution in [0.3, 0.4) is 0 Å². The summed E-state index contributed by atoms with van der Waals surface area (Å²) in [7, 11) is 0. The molecule has 0 aliphatic carbocycles. The maximum Gasteiger partial charge on any atom is 0.416 e. The molecule has 0 amide bonds. The summed E-state index contributed by atoms with van der Waals surface area (Å²) in [6.45, 7) is 0.398. The highest BCUT2D eigenvalue weighted by Gasteiger charge is 2.31. The van der Waals surface area contributed by atoms with E-state index in [9.17, 15) is 27.9 Å². The van der Waals surface area contributed by atoms with Gasteiger partial charge >= 0.3 is 6.18 Å². The summed E-state index contributed by atoms with van der Waals surface area (Å²) in [6, 6.07) is 2.36. The third-order valence-corrected chi connectivity index (χ3v) is 4.49. The Bertz CT molecular complexity index is 889. The maximum absolute atomic E-state index is 12.8. The normalized spacial score (nSPS) is 19.6. The highest BCUT2D eigenvalue weighted by atomic mass is 79.9. The fourth-order valence-electron chi connectivity index (χ4n) is 3.09. The molecule has 1 fully saturated rings. The van der Waals surface area contributed by atoms with Crippen molar-refractivity contribution in [3.63, 3.8) is 0 Å². The average Bonchev–Trinajstić information content (AvgIpc) is 2.58. The van der Waals surface area contributed by atoms with Crippen LogP contribution in [0.1, 0.15) is 24.8 Å². The minimum absolute atomic E-state index is 0. The lowest BCUT2D eigenvalue weighted by molar-refractivity contribution is -0.137. The molecule has 28 heavy (non-hydrogen) atoms. The number of nitrogens with zero attached hydrogens (tertiary/aromatic N) is 2. The molecular formula is C17H20Br2F3N3O3. The number of halogens is 5. The lowest BCUT2D eigenvalue weighted by Crippen LogP contribution is -2.46. The highest BCUT2D eigenvalue weighted by Crippen LogP contribution is 2.30. The molecule has 156 valence electrons. The van der Waals surface area contributed by atoms with E-state index >= 15 is 0 Å². The predicted octanol–water partition coefficient (Wildman–Crippen LogP) is 2.64. The van der Waals surface area contributed by atoms with E-state index < -0.39 is 23.4 Å². The van der Waals surface area contributed by atoms with Crippen molar-refractivity contribution in [2.75, 3.05) is 6.54 Å². The van der Waals surface area contributed by atoms with Crippen molar-refractivity contribution in [2.45, 2.75) is 44.1 Å². The van der Waals surface area contributed by atoms with E-state index in [0.29, 0.717) is 13.0 Å². The molecule has 6 nitrogen and oxygen atoms in total. The lowest BCUT2D eigenvalue weighted by Gasteiger charge is -2.28. The molecule has 0 bridgehead atoms. The second-order valence-electron chi connectivity index (χ2n) is 6.42. The van der Waals surface area contributed by atoms with Crippen LogP contribution in [0.2, 0.25) is 0 Å². The van der Waals surface area contributed by atoms with Crippen LogP contribution < -0.4 is 10.9 Å². The summed E-state index contributed by atoms with van der Waals surface area (Å²) in [5, 5.41) is 12.8. The number of piperidine rings is 1. The highest BCUT2D eigenvalue weighted by molar-refractivity contribution is 8.93. The van der Waals surface area contributed by atoms with Gasteiger partial charge in [-0.2, -0.15) is 13.2 Å². The van der Waals surface area contributed by atoms with Gasteiger partial charge in [-0.25, -0.2) is 4.98 Å². The number of Topliss-reactive ketones (excluding diaryl/α,β-unsaturated/α-hetero) is 1. The molecule has 0 spiro atoms. The minimum atomic E-state index is -4.57. The third kappa shape index (κ3) is 5.62. The van der Waals surface area contributed by atoms with Gasteiger partial charge in [0.05, 0.1) is 35.4 Å². The Hall–Kier alpha value is -1.30. The van der Waals surface area contributed by atoms with Crippen LogP contribution in [0.4, 0.5) is 13.2 Å². The van der Waals surface area contributed by atoms with Crippen LogP contribution in [-0.4, -0.2) is 39.1 Å². The number of carbonyl (C=O) groups excluding carboxylic acids is 1. The van der Waals surface area contributed by atoms with E-state index in [0.717, 1.165) is 35.5 Å². The zero-order valence-corrected chi connectivity index (χ0v) is 18.0. The predicted molar refractivity (Wildman–Crippen MR) is 108 cm³/mol. The van der Waals surface area contributed by atoms with Gasteiger partial charge in [0.25, 0.3) is 5.56 Å². The van der Waals surface area contributed by atoms with Crippen LogP contribution in [0.25, 0.3) is 10.9 Å². The first-order chi connectivity index (χ1) is 12.3. The molecule has 2 heterocycles. The first-order valence-electron chi connectivity index (χ1n) is 8.25. The number of alkyl halides is 3. The van der Waals surface area contributed by atoms with E-state index in [1.807, 2.05) is 0 Å². The topological polar surface area (TPSA) is 84.2 Å². The summed E-state index contributed by atoms with van der Waals surface area (Å²) in [4.78, 5) is 28.6. The number of benzene rings is 1. The van der Waals surface area contributed by atoms with Crippen LogP contribution in [-0.2, 0) is 17.5 Å². The Kier molecular flexibility index (Phi) is 8.79. The van der Waals surface area contributed by atoms with Gasteiger partial charge in [0.2, 0.25) is 0 Å². The number of fused-ring (bicyclic) bond motifs is 1. The van der Waals surface area contributed by atoms with Crippen LogP contribution >= 0.6 is 34.0 Å². The summed E-state index contributed by atoms with van der Waals surface area (Å²) >= 11 is 0. The molecule has 1 aliphatic rings. The van der Waals surface area contributed by atoms with E-state index in [1.54, 1.807) is 0 Å². The molecule has 11 heteroatoms. The Morgan fingerprint density at radius 3 is 2.68 bits per heavy atom. The smallest absolute Gasteiger partial charge is 0.391 e. The Morgan fingerprint density at radius 1 is 1.32 bits per heavy atom. The summed E-state index contributed by atoms with van der Waals surface area (Å²) in [5.41, 5.74) is -1.51. The molecule has 0 unspecified atom stereocenters. The molecule has 1 aromatic carbocycles. The molecule has 2 atom stereocenters. The van der Waals surface area contributed by atoms with E-state index in [-0.39, 0.29) is 69.7 Å². The number of hydrogen-bond acceptors (Lipinski definition) is 5. The number of ketones is 1. The number of nitrogens with one attached hydrogen (secondary N) is 1. The molecule has 1 aliphatic heterocycles. The van der Waals surface area contributed by atoms with Gasteiger partial charge in [-0.1, -0.05) is 0 Å². The van der Waals surface area contributed by atoms with Gasteiger partial charge in [-0.05, 0) is 37.6 Å². The van der Waals surface area contributed by atoms with Gasteiger partial charge in [0, 0.05) is 12.5 Å². The van der Waals surface area contributed by atoms with E-state index in [4.69, 9.17) is 0 Å². The Balaban J connectivity index is 0.00000196. The van der Waals surface area contributed by atoms with Crippen molar-refractivity contribution < 1.29 is 23.1 Å². The zero-order valence-electron chi connectivity index (χ0n) is 14.6. The number of rotatable bonds is 4. The quantitative estimate of drug-likeness (QED) is 0.635. The number of aliphatic hydroxyl groups excluding tert-OH is 1. The van der Waals surface area contributed by atoms with Gasteiger partial charge < -0.3 is 10.4 Å². The molecule has 3 rings (SSSR count). The van der Waals surface area contributed by atoms with Crippen molar-refractivity contribution in [1.82, 2.24) is 14.9 Å². The van der Waals surface area contributed by atoms with Crippen LogP contribution in [0.5, 0.6) is 0 Å². The van der Waals surface area contributed by atoms with Crippen molar-refractivity contribution in [1.29, 1.82) is 0 Å². The maximum atomic E-state index is 12.8. The second kappa shape index (κ2) is 9.95. The van der Waals surface area contributed by atoms with Gasteiger partial charge in [-0.3, -0.25) is 14.2 Å². The van der Waals surface area contributed by atoms with E-state index in [2.05, 4.69) is 10.3 Å². The molecule has 0 radical (unpaired) electrons. The largest absolute Gasteiger partial charge is 0.416 e. The molecule has 1 saturated heterocycles. The van der Waals surface area contributed by atoms with Gasteiger partial charge in [0.1, 0.15) is 0 Å². The van der Waals surface area contributed by atoms with E-state index in [1.165, 1.54) is 0 Å². The standard InChI is InChI=1S/C17H18F3N3O3.2BrH/c18-17(19,20)10-3-4-13-12(6-10)16(26)23(9-22-13)8-11(24)7-14-15(25)2-1-5-21-14;;/h3-4,6,9,14-15,21,25H,1-2,5,7-8H2;2*1H/t14-,15+;;/m1../s1. The second-order valence-corrected chi connectivity index (χ2v) is 6.42. The van der Waals surface area contributed by atoms with Crippen molar-refractivity contribution >= 4 is 50.6 Å². The molecule has 0 saturated carbocycles. The average molecular weight is 531 g/mol. The number of aromatic nitrogens is 2. The Labute approximate surface area is 179 Å². The third-order valence-electron chi connectivity index (χ3n) is 4.49. The first-order valence-corrected chi connectivity index (χ1v) is 8.25. The summed E-state index contributed by atoms with van der Waals surface area (Å²) < 4.78 is 39.5. The molecule has 2 aromatic rings. The lowest BCUT2D eigenvalue weighted by atomic mass is 9.97. The molecule has 2 N–H and O–H groups in total. The van der Waals surface area contributed by atoms with Gasteiger partial charge in [0.15, 0.2) is 5.78 Å². The SMILES string of the molecule is Br.Br.O=C(C[C@H]1NCCC[C@@H]1O)Cn1cnc2ccc(C(F)(F)F)cc2c1=O. The van der Waals surface area contributed by atoms with Crippen LogP contribution in [0, 0.1) is 0 Å². The number of hydrogen-bond donors (Lipinski definition) is 2. The zero-order chi connectivity index (χ0) is 18.9. The first kappa shape index (κ1) is 24.7. The summed E-state index contributed by atoms with van der Waals surface area (Å²) in [6.07, 6.45) is -2.59. The fourth-order valence-corrected chi connectivity index (χ4v) is 3.09. The van der Waals surface area contributed by atoms with Crippen molar-refractivity contribution in [2.24, 2.45) is 0 Å². The molecular weight excluding hydrogens is 511 g/mol. The number of aliphatic hydroxyl groups is 1. The van der Waals surface area contributed by atoms with Crippen molar-refractivity contribution in [3.05, 3.63) is 40.4 Å². The summed E-state index contributed by atoms with van der Waals surface area (Å²) in [5.74, 6) is -0.307. The van der Waals surface area contributed by atoms with Crippen molar-refractivity contribution in [3.8, 4) is 0 Å². The molecule has 1 aromatic heterocycles. The fraction of sp³-hybridized carbons (Fsp3) is 0.471. The van der Waals surface area contributed by atoms with Crippen LogP contribution in [0.15, 0.2) is 29.3 Å². The number of carbonyl (C=O) groups is 1. The Morgan fingerprint density at radius 2 is 2.04 bits per heavy atom. The monoisotopic (exact) mass is 529 g/mol. The van der Waals surface area contributed by atoms with Gasteiger partial charge in [-0.15, -0.1) is 34.0 Å².